The van der Waals surface area contributed by atoms with Gasteiger partial charge in [-0.25, -0.2) is 5.43 Å². The zero-order valence-corrected chi connectivity index (χ0v) is 4.05. The topological polar surface area (TPSA) is 78.4 Å². The molecule has 0 unspecified atom stereocenters. The number of carboxylic acid groups (broad SMARTS) is 1. The zero-order chi connectivity index (χ0) is 6.41. The summed E-state index contributed by atoms with van der Waals surface area (Å²) in [5, 5.41) is 7.92. The normalized spacial score (nSPS) is 8.00. The maximum Gasteiger partial charge on any atom is 0.319 e. The van der Waals surface area contributed by atoms with Crippen LogP contribution in [0.4, 0.5) is 0 Å². The van der Waals surface area contributed by atoms with Crippen LogP contribution in [-0.4, -0.2) is 24.0 Å². The van der Waals surface area contributed by atoms with Crippen LogP contribution in [-0.2, 0) is 9.59 Å². The molecule has 0 aromatic heterocycles. The van der Waals surface area contributed by atoms with Crippen LogP contribution in [0.25, 0.3) is 0 Å². The van der Waals surface area contributed by atoms with E-state index in [4.69, 9.17) is 5.11 Å². The minimum absolute atomic E-state index is 0.265. The monoisotopic (exact) mass is 118 g/mol. The lowest BCUT2D eigenvalue weighted by atomic mass is 10.7. The van der Waals surface area contributed by atoms with Gasteiger partial charge >= 0.3 is 5.97 Å². The summed E-state index contributed by atoms with van der Waals surface area (Å²) in [6.45, 7) is -0.265. The summed E-state index contributed by atoms with van der Waals surface area (Å²) < 4.78 is 0. The Morgan fingerprint density at radius 3 is 2.75 bits per heavy atom. The van der Waals surface area contributed by atoms with Crippen molar-refractivity contribution in [3.63, 3.8) is 0 Å². The van der Waals surface area contributed by atoms with E-state index in [0.717, 1.165) is 0 Å². The summed E-state index contributed by atoms with van der Waals surface area (Å²) in [6, 6.07) is 0. The Morgan fingerprint density at radius 1 is 1.75 bits per heavy atom. The van der Waals surface area contributed by atoms with Crippen molar-refractivity contribution in [1.82, 2.24) is 10.9 Å². The van der Waals surface area contributed by atoms with Gasteiger partial charge in [0.2, 0.25) is 6.41 Å². The van der Waals surface area contributed by atoms with Gasteiger partial charge in [-0.2, -0.15) is 0 Å². The van der Waals surface area contributed by atoms with Crippen LogP contribution in [0, 0.1) is 0 Å². The molecular formula is C3H6N2O3. The first-order chi connectivity index (χ1) is 3.77. The van der Waals surface area contributed by atoms with Crippen molar-refractivity contribution >= 4 is 12.4 Å². The molecule has 3 N–H and O–H groups in total. The third-order valence-corrected chi connectivity index (χ3v) is 0.401. The van der Waals surface area contributed by atoms with E-state index in [-0.39, 0.29) is 6.54 Å². The van der Waals surface area contributed by atoms with Crippen LogP contribution < -0.4 is 10.9 Å². The van der Waals surface area contributed by atoms with Crippen LogP contribution in [0.5, 0.6) is 0 Å². The van der Waals surface area contributed by atoms with Gasteiger partial charge in [0, 0.05) is 0 Å². The Morgan fingerprint density at radius 2 is 2.38 bits per heavy atom. The van der Waals surface area contributed by atoms with Crippen molar-refractivity contribution in [2.45, 2.75) is 0 Å². The molecule has 0 aromatic carbocycles. The van der Waals surface area contributed by atoms with Gasteiger partial charge in [0.1, 0.15) is 6.54 Å². The molecule has 0 saturated carbocycles. The fourth-order valence-corrected chi connectivity index (χ4v) is 0.168. The summed E-state index contributed by atoms with van der Waals surface area (Å²) in [7, 11) is 0. The fourth-order valence-electron chi connectivity index (χ4n) is 0.168. The molecule has 5 heteroatoms. The highest BCUT2D eigenvalue weighted by Gasteiger charge is 1.90. The molecule has 0 aliphatic carbocycles. The Kier molecular flexibility index (Phi) is 3.51. The highest BCUT2D eigenvalue weighted by Crippen LogP contribution is 1.51. The molecule has 8 heavy (non-hydrogen) atoms. The summed E-state index contributed by atoms with van der Waals surface area (Å²) in [4.78, 5) is 19.1. The maximum absolute atomic E-state index is 9.66. The second-order valence-corrected chi connectivity index (χ2v) is 1.01. The van der Waals surface area contributed by atoms with E-state index in [0.29, 0.717) is 6.41 Å². The number of nitrogens with one attached hydrogen (secondary N) is 2. The lowest BCUT2D eigenvalue weighted by molar-refractivity contribution is -0.136. The summed E-state index contributed by atoms with van der Waals surface area (Å²) in [5.41, 5.74) is 4.09. The minimum atomic E-state index is -1.01. The number of carbonyl (C=O) groups is 2. The van der Waals surface area contributed by atoms with Gasteiger partial charge in [-0.05, 0) is 0 Å². The number of carbonyl (C=O) groups excluding carboxylic acids is 1. The maximum atomic E-state index is 9.66. The number of amides is 1. The molecule has 1 amide bonds. The Balaban J connectivity index is 2.93. The SMILES string of the molecule is O=CNNCC(=O)O. The number of rotatable bonds is 4. The first kappa shape index (κ1) is 6.90. The second kappa shape index (κ2) is 4.07. The fraction of sp³-hybridized carbons (Fsp3) is 0.333. The predicted octanol–water partition coefficient (Wildman–Crippen LogP) is -1.68. The number of hydrazine groups is 1. The van der Waals surface area contributed by atoms with E-state index in [2.05, 4.69) is 5.43 Å². The zero-order valence-electron chi connectivity index (χ0n) is 4.05. The highest BCUT2D eigenvalue weighted by atomic mass is 16.4. The van der Waals surface area contributed by atoms with Crippen molar-refractivity contribution < 1.29 is 14.7 Å². The first-order valence-electron chi connectivity index (χ1n) is 1.91. The average Bonchev–Trinajstić information content (AvgIpc) is 1.66. The lowest BCUT2D eigenvalue weighted by Gasteiger charge is -1.93. The van der Waals surface area contributed by atoms with E-state index in [1.165, 1.54) is 0 Å². The molecule has 0 saturated heterocycles. The Hall–Kier alpha value is -1.10. The first-order valence-corrected chi connectivity index (χ1v) is 1.91. The quantitative estimate of drug-likeness (QED) is 0.234. The standard InChI is InChI=1S/C3H6N2O3/c6-2-5-4-1-3(7)8/h2,4H,1H2,(H,5,6)(H,7,8). The Labute approximate surface area is 45.7 Å². The van der Waals surface area contributed by atoms with Gasteiger partial charge in [0.25, 0.3) is 0 Å². The van der Waals surface area contributed by atoms with Crippen molar-refractivity contribution in [2.24, 2.45) is 0 Å². The molecule has 0 aromatic rings. The minimum Gasteiger partial charge on any atom is -0.480 e. The van der Waals surface area contributed by atoms with Gasteiger partial charge in [-0.15, -0.1) is 0 Å². The molecule has 0 rings (SSSR count). The third-order valence-electron chi connectivity index (χ3n) is 0.401. The summed E-state index contributed by atoms with van der Waals surface area (Å²) in [5.74, 6) is -1.01. The molecule has 0 atom stereocenters. The van der Waals surface area contributed by atoms with Crippen LogP contribution >= 0.6 is 0 Å². The van der Waals surface area contributed by atoms with Gasteiger partial charge in [-0.3, -0.25) is 15.0 Å². The Bertz CT molecular complexity index is 92.5. The number of aliphatic carboxylic acids is 1. The van der Waals surface area contributed by atoms with Crippen LogP contribution in [0.15, 0.2) is 0 Å². The summed E-state index contributed by atoms with van der Waals surface area (Å²) in [6.07, 6.45) is 0.364. The van der Waals surface area contributed by atoms with Crippen molar-refractivity contribution in [3.8, 4) is 0 Å². The van der Waals surface area contributed by atoms with Crippen molar-refractivity contribution in [1.29, 1.82) is 0 Å². The molecule has 0 radical (unpaired) electrons. The average molecular weight is 118 g/mol. The molecule has 0 heterocycles. The lowest BCUT2D eigenvalue weighted by Crippen LogP contribution is -2.34. The molecule has 46 valence electrons. The van der Waals surface area contributed by atoms with E-state index in [9.17, 15) is 9.59 Å². The molecule has 0 fully saturated rings. The second-order valence-electron chi connectivity index (χ2n) is 1.01. The highest BCUT2D eigenvalue weighted by molar-refractivity contribution is 5.69. The van der Waals surface area contributed by atoms with Gasteiger partial charge in [-0.1, -0.05) is 0 Å². The van der Waals surface area contributed by atoms with E-state index in [1.54, 1.807) is 0 Å². The van der Waals surface area contributed by atoms with Gasteiger partial charge in [0.05, 0.1) is 0 Å². The van der Waals surface area contributed by atoms with E-state index < -0.39 is 5.97 Å². The van der Waals surface area contributed by atoms with Gasteiger partial charge in [0.15, 0.2) is 0 Å². The van der Waals surface area contributed by atoms with E-state index in [1.807, 2.05) is 5.43 Å². The van der Waals surface area contributed by atoms with Crippen LogP contribution in [0.2, 0.25) is 0 Å². The molecule has 0 aliphatic rings. The third kappa shape index (κ3) is 4.90. The number of carboxylic acids is 1. The van der Waals surface area contributed by atoms with Crippen molar-refractivity contribution in [3.05, 3.63) is 0 Å². The predicted molar refractivity (Wildman–Crippen MR) is 24.8 cm³/mol. The molecule has 0 spiro atoms. The smallest absolute Gasteiger partial charge is 0.319 e. The van der Waals surface area contributed by atoms with E-state index >= 15 is 0 Å². The molecule has 0 aliphatic heterocycles. The molecule has 0 bridgehead atoms. The number of hydrogen-bond donors (Lipinski definition) is 3. The largest absolute Gasteiger partial charge is 0.480 e. The van der Waals surface area contributed by atoms with Crippen LogP contribution in [0.3, 0.4) is 0 Å². The molecule has 5 nitrogen and oxygen atoms in total. The molecular weight excluding hydrogens is 112 g/mol. The van der Waals surface area contributed by atoms with Crippen molar-refractivity contribution in [2.75, 3.05) is 6.54 Å². The van der Waals surface area contributed by atoms with Crippen LogP contribution in [0.1, 0.15) is 0 Å². The number of hydrogen-bond acceptors (Lipinski definition) is 3. The van der Waals surface area contributed by atoms with Gasteiger partial charge < -0.3 is 5.11 Å². The summed E-state index contributed by atoms with van der Waals surface area (Å²) >= 11 is 0.